The minimum absolute atomic E-state index is 0.0106. The van der Waals surface area contributed by atoms with Gasteiger partial charge in [-0.25, -0.2) is 0 Å². The third-order valence-electron chi connectivity index (χ3n) is 2.93. The standard InChI is InChI=1S/C16H14O3/c1-10(2)18-13-8-5-9-14-15(13)16(17)11-6-3-4-7-12(11)19-14/h3-10H,1-2H3. The van der Waals surface area contributed by atoms with E-state index in [9.17, 15) is 4.79 Å². The molecule has 96 valence electrons. The predicted octanol–water partition coefficient (Wildman–Crippen LogP) is 3.73. The van der Waals surface area contributed by atoms with E-state index < -0.39 is 0 Å². The Morgan fingerprint density at radius 2 is 1.74 bits per heavy atom. The second-order valence-corrected chi connectivity index (χ2v) is 4.72. The zero-order chi connectivity index (χ0) is 13.4. The van der Waals surface area contributed by atoms with Crippen LogP contribution >= 0.6 is 0 Å². The number of para-hydroxylation sites is 1. The van der Waals surface area contributed by atoms with Crippen molar-refractivity contribution in [2.75, 3.05) is 0 Å². The van der Waals surface area contributed by atoms with Gasteiger partial charge in [0.05, 0.1) is 11.5 Å². The molecule has 2 aromatic carbocycles. The maximum absolute atomic E-state index is 12.6. The molecule has 0 saturated heterocycles. The van der Waals surface area contributed by atoms with Crippen molar-refractivity contribution in [2.24, 2.45) is 0 Å². The minimum Gasteiger partial charge on any atom is -0.490 e. The van der Waals surface area contributed by atoms with Gasteiger partial charge >= 0.3 is 0 Å². The molecule has 0 radical (unpaired) electrons. The van der Waals surface area contributed by atoms with E-state index >= 15 is 0 Å². The van der Waals surface area contributed by atoms with E-state index in [4.69, 9.17) is 9.15 Å². The molecule has 0 aliphatic carbocycles. The number of fused-ring (bicyclic) bond motifs is 2. The van der Waals surface area contributed by atoms with Crippen molar-refractivity contribution in [3.05, 3.63) is 52.7 Å². The lowest BCUT2D eigenvalue weighted by Crippen LogP contribution is -2.10. The molecule has 0 aliphatic heterocycles. The average molecular weight is 254 g/mol. The average Bonchev–Trinajstić information content (AvgIpc) is 2.38. The number of benzene rings is 2. The van der Waals surface area contributed by atoms with Crippen molar-refractivity contribution in [2.45, 2.75) is 20.0 Å². The highest BCUT2D eigenvalue weighted by atomic mass is 16.5. The van der Waals surface area contributed by atoms with Crippen LogP contribution in [0.15, 0.2) is 51.7 Å². The van der Waals surface area contributed by atoms with Crippen molar-refractivity contribution < 1.29 is 9.15 Å². The van der Waals surface area contributed by atoms with E-state index in [1.807, 2.05) is 32.0 Å². The van der Waals surface area contributed by atoms with Crippen LogP contribution in [-0.4, -0.2) is 6.10 Å². The molecule has 0 atom stereocenters. The van der Waals surface area contributed by atoms with E-state index in [0.29, 0.717) is 27.7 Å². The van der Waals surface area contributed by atoms with Crippen LogP contribution in [0.5, 0.6) is 5.75 Å². The Hall–Kier alpha value is -2.29. The van der Waals surface area contributed by atoms with Crippen LogP contribution < -0.4 is 10.2 Å². The largest absolute Gasteiger partial charge is 0.490 e. The van der Waals surface area contributed by atoms with Gasteiger partial charge in [0.2, 0.25) is 5.43 Å². The first-order chi connectivity index (χ1) is 9.16. The molecular formula is C16H14O3. The highest BCUT2D eigenvalue weighted by molar-refractivity contribution is 5.93. The van der Waals surface area contributed by atoms with Gasteiger partial charge in [-0.05, 0) is 38.1 Å². The Balaban J connectivity index is 2.42. The summed E-state index contributed by atoms with van der Waals surface area (Å²) in [6, 6.07) is 12.7. The maximum Gasteiger partial charge on any atom is 0.204 e. The lowest BCUT2D eigenvalue weighted by Gasteiger charge is -2.11. The van der Waals surface area contributed by atoms with E-state index in [2.05, 4.69) is 0 Å². The van der Waals surface area contributed by atoms with Gasteiger partial charge in [-0.1, -0.05) is 18.2 Å². The van der Waals surface area contributed by atoms with Crippen LogP contribution in [0.2, 0.25) is 0 Å². The number of hydrogen-bond acceptors (Lipinski definition) is 3. The zero-order valence-electron chi connectivity index (χ0n) is 10.8. The Kier molecular flexibility index (Phi) is 2.75. The molecule has 0 saturated carbocycles. The fourth-order valence-corrected chi connectivity index (χ4v) is 2.17. The summed E-state index contributed by atoms with van der Waals surface area (Å²) in [7, 11) is 0. The quantitative estimate of drug-likeness (QED) is 0.654. The summed E-state index contributed by atoms with van der Waals surface area (Å²) in [6.45, 7) is 3.86. The van der Waals surface area contributed by atoms with E-state index in [0.717, 1.165) is 0 Å². The van der Waals surface area contributed by atoms with Crippen molar-refractivity contribution in [3.63, 3.8) is 0 Å². The van der Waals surface area contributed by atoms with E-state index in [1.54, 1.807) is 24.3 Å². The Morgan fingerprint density at radius 3 is 2.53 bits per heavy atom. The Morgan fingerprint density at radius 1 is 1.00 bits per heavy atom. The summed E-state index contributed by atoms with van der Waals surface area (Å²) >= 11 is 0. The van der Waals surface area contributed by atoms with Crippen LogP contribution in [0.25, 0.3) is 21.9 Å². The van der Waals surface area contributed by atoms with Gasteiger partial charge in [-0.15, -0.1) is 0 Å². The third-order valence-corrected chi connectivity index (χ3v) is 2.93. The predicted molar refractivity (Wildman–Crippen MR) is 75.8 cm³/mol. The Labute approximate surface area is 110 Å². The fourth-order valence-electron chi connectivity index (χ4n) is 2.17. The van der Waals surface area contributed by atoms with Crippen LogP contribution in [-0.2, 0) is 0 Å². The number of hydrogen-bond donors (Lipinski definition) is 0. The molecule has 1 heterocycles. The fraction of sp³-hybridized carbons (Fsp3) is 0.188. The molecule has 1 aromatic heterocycles. The van der Waals surface area contributed by atoms with Crippen LogP contribution in [0.1, 0.15) is 13.8 Å². The molecule has 0 fully saturated rings. The second-order valence-electron chi connectivity index (χ2n) is 4.72. The molecule has 0 amide bonds. The lowest BCUT2D eigenvalue weighted by molar-refractivity contribution is 0.245. The van der Waals surface area contributed by atoms with Gasteiger partial charge in [0.1, 0.15) is 22.3 Å². The summed E-state index contributed by atoms with van der Waals surface area (Å²) in [4.78, 5) is 12.6. The van der Waals surface area contributed by atoms with E-state index in [1.165, 1.54) is 0 Å². The molecule has 0 aliphatic rings. The highest BCUT2D eigenvalue weighted by Gasteiger charge is 2.12. The first-order valence-corrected chi connectivity index (χ1v) is 6.28. The SMILES string of the molecule is CC(C)Oc1cccc2oc3ccccc3c(=O)c12. The highest BCUT2D eigenvalue weighted by Crippen LogP contribution is 2.26. The monoisotopic (exact) mass is 254 g/mol. The first-order valence-electron chi connectivity index (χ1n) is 6.28. The van der Waals surface area contributed by atoms with Crippen molar-refractivity contribution in [1.82, 2.24) is 0 Å². The summed E-state index contributed by atoms with van der Waals surface area (Å²) in [5.41, 5.74) is 1.11. The van der Waals surface area contributed by atoms with Gasteiger partial charge in [0, 0.05) is 0 Å². The molecule has 0 N–H and O–H groups in total. The Bertz CT molecular complexity index is 800. The molecule has 3 rings (SSSR count). The minimum atomic E-state index is -0.0481. The van der Waals surface area contributed by atoms with Gasteiger partial charge in [-0.3, -0.25) is 4.79 Å². The van der Waals surface area contributed by atoms with Gasteiger partial charge in [0.15, 0.2) is 0 Å². The number of rotatable bonds is 2. The molecular weight excluding hydrogens is 240 g/mol. The molecule has 0 bridgehead atoms. The molecule has 3 aromatic rings. The van der Waals surface area contributed by atoms with Crippen molar-refractivity contribution in [3.8, 4) is 5.75 Å². The van der Waals surface area contributed by atoms with Crippen LogP contribution in [0, 0.1) is 0 Å². The summed E-state index contributed by atoms with van der Waals surface area (Å²) in [5, 5.41) is 1.09. The van der Waals surface area contributed by atoms with Crippen molar-refractivity contribution in [1.29, 1.82) is 0 Å². The second kappa shape index (κ2) is 4.43. The van der Waals surface area contributed by atoms with Gasteiger partial charge in [0.25, 0.3) is 0 Å². The van der Waals surface area contributed by atoms with E-state index in [-0.39, 0.29) is 11.5 Å². The molecule has 0 unspecified atom stereocenters. The van der Waals surface area contributed by atoms with Gasteiger partial charge < -0.3 is 9.15 Å². The summed E-state index contributed by atoms with van der Waals surface area (Å²) < 4.78 is 11.5. The normalized spacial score (nSPS) is 11.3. The molecule has 3 heteroatoms. The molecule has 19 heavy (non-hydrogen) atoms. The lowest BCUT2D eigenvalue weighted by atomic mass is 10.1. The summed E-state index contributed by atoms with van der Waals surface area (Å²) in [6.07, 6.45) is 0.0106. The smallest absolute Gasteiger partial charge is 0.204 e. The van der Waals surface area contributed by atoms with Gasteiger partial charge in [-0.2, -0.15) is 0 Å². The van der Waals surface area contributed by atoms with Crippen LogP contribution in [0.4, 0.5) is 0 Å². The summed E-state index contributed by atoms with van der Waals surface area (Å²) in [5.74, 6) is 0.576. The van der Waals surface area contributed by atoms with Crippen molar-refractivity contribution >= 4 is 21.9 Å². The molecule has 3 nitrogen and oxygen atoms in total. The third kappa shape index (κ3) is 1.97. The topological polar surface area (TPSA) is 39.4 Å². The maximum atomic E-state index is 12.6. The number of ether oxygens (including phenoxy) is 1. The molecule has 0 spiro atoms. The first kappa shape index (κ1) is 11.8. The van der Waals surface area contributed by atoms with Crippen LogP contribution in [0.3, 0.4) is 0 Å². The zero-order valence-corrected chi connectivity index (χ0v) is 10.8.